The van der Waals surface area contributed by atoms with Gasteiger partial charge in [-0.05, 0) is 39.8 Å². The number of benzene rings is 1. The molecule has 0 unspecified atom stereocenters. The topological polar surface area (TPSA) is 30.9 Å². The molecular weight excluding hydrogens is 254 g/mol. The quantitative estimate of drug-likeness (QED) is 0.616. The van der Waals surface area contributed by atoms with Crippen LogP contribution in [0.5, 0.6) is 5.75 Å². The van der Waals surface area contributed by atoms with Gasteiger partial charge in [0.05, 0.1) is 0 Å². The zero-order valence-electron chi connectivity index (χ0n) is 13.1. The highest BCUT2D eigenvalue weighted by atomic mass is 16.7. The SMILES string of the molecule is CCOC(COc1cccc(N(CC)CC)c1)OCC. The van der Waals surface area contributed by atoms with E-state index in [1.807, 2.05) is 26.0 Å². The molecule has 0 atom stereocenters. The van der Waals surface area contributed by atoms with Crippen molar-refractivity contribution in [3.8, 4) is 5.75 Å². The highest BCUT2D eigenvalue weighted by Gasteiger charge is 2.09. The molecule has 1 aromatic rings. The summed E-state index contributed by atoms with van der Waals surface area (Å²) in [4.78, 5) is 2.29. The van der Waals surface area contributed by atoms with Crippen LogP contribution < -0.4 is 9.64 Å². The van der Waals surface area contributed by atoms with Crippen molar-refractivity contribution in [3.63, 3.8) is 0 Å². The minimum Gasteiger partial charge on any atom is -0.488 e. The Bertz CT molecular complexity index is 360. The van der Waals surface area contributed by atoms with Gasteiger partial charge in [-0.1, -0.05) is 6.07 Å². The van der Waals surface area contributed by atoms with Crippen LogP contribution >= 0.6 is 0 Å². The maximum Gasteiger partial charge on any atom is 0.191 e. The second kappa shape index (κ2) is 9.61. The Morgan fingerprint density at radius 3 is 2.20 bits per heavy atom. The van der Waals surface area contributed by atoms with Crippen LogP contribution in [0.15, 0.2) is 24.3 Å². The van der Waals surface area contributed by atoms with Crippen LogP contribution in [0.4, 0.5) is 5.69 Å². The lowest BCUT2D eigenvalue weighted by molar-refractivity contribution is -0.152. The highest BCUT2D eigenvalue weighted by molar-refractivity contribution is 5.50. The van der Waals surface area contributed by atoms with Gasteiger partial charge in [0.2, 0.25) is 0 Å². The largest absolute Gasteiger partial charge is 0.488 e. The van der Waals surface area contributed by atoms with Crippen LogP contribution in [0.2, 0.25) is 0 Å². The molecule has 0 aliphatic rings. The molecule has 0 aromatic heterocycles. The molecule has 0 amide bonds. The lowest BCUT2D eigenvalue weighted by Gasteiger charge is -2.22. The molecule has 0 aliphatic carbocycles. The third-order valence-electron chi connectivity index (χ3n) is 3.04. The number of hydrogen-bond acceptors (Lipinski definition) is 4. The summed E-state index contributed by atoms with van der Waals surface area (Å²) in [7, 11) is 0. The van der Waals surface area contributed by atoms with Crippen molar-refractivity contribution in [2.75, 3.05) is 37.8 Å². The van der Waals surface area contributed by atoms with E-state index < -0.39 is 0 Å². The van der Waals surface area contributed by atoms with E-state index in [4.69, 9.17) is 14.2 Å². The standard InChI is InChI=1S/C16H27NO3/c1-5-17(6-2)14-10-9-11-15(12-14)20-13-16(18-7-3)19-8-4/h9-12,16H,5-8,13H2,1-4H3. The van der Waals surface area contributed by atoms with Gasteiger partial charge in [-0.15, -0.1) is 0 Å². The molecule has 0 spiro atoms. The average molecular weight is 281 g/mol. The van der Waals surface area contributed by atoms with Crippen LogP contribution in [-0.2, 0) is 9.47 Å². The first-order valence-corrected chi connectivity index (χ1v) is 7.46. The summed E-state index contributed by atoms with van der Waals surface area (Å²) >= 11 is 0. The predicted octanol–water partition coefficient (Wildman–Crippen LogP) is 3.31. The Hall–Kier alpha value is -1.26. The van der Waals surface area contributed by atoms with Gasteiger partial charge in [0.15, 0.2) is 6.29 Å². The molecule has 4 heteroatoms. The van der Waals surface area contributed by atoms with Gasteiger partial charge in [-0.25, -0.2) is 0 Å². The number of ether oxygens (including phenoxy) is 3. The number of rotatable bonds is 10. The number of nitrogens with zero attached hydrogens (tertiary/aromatic N) is 1. The van der Waals surface area contributed by atoms with Crippen molar-refractivity contribution in [2.45, 2.75) is 34.0 Å². The third kappa shape index (κ3) is 5.39. The zero-order chi connectivity index (χ0) is 14.8. The van der Waals surface area contributed by atoms with Gasteiger partial charge in [0.25, 0.3) is 0 Å². The summed E-state index contributed by atoms with van der Waals surface area (Å²) in [6.45, 7) is 11.8. The predicted molar refractivity (Wildman–Crippen MR) is 82.5 cm³/mol. The summed E-state index contributed by atoms with van der Waals surface area (Å²) in [5, 5.41) is 0. The van der Waals surface area contributed by atoms with Gasteiger partial charge in [-0.3, -0.25) is 0 Å². The van der Waals surface area contributed by atoms with E-state index in [0.717, 1.165) is 18.8 Å². The van der Waals surface area contributed by atoms with E-state index >= 15 is 0 Å². The van der Waals surface area contributed by atoms with Crippen LogP contribution in [0.3, 0.4) is 0 Å². The van der Waals surface area contributed by atoms with E-state index in [9.17, 15) is 0 Å². The summed E-state index contributed by atoms with van der Waals surface area (Å²) in [6, 6.07) is 8.13. The van der Waals surface area contributed by atoms with Crippen LogP contribution in [0, 0.1) is 0 Å². The lowest BCUT2D eigenvalue weighted by Crippen LogP contribution is -2.25. The molecule has 0 bridgehead atoms. The average Bonchev–Trinajstić information content (AvgIpc) is 2.47. The van der Waals surface area contributed by atoms with Crippen molar-refractivity contribution in [3.05, 3.63) is 24.3 Å². The Morgan fingerprint density at radius 2 is 1.65 bits per heavy atom. The fraction of sp³-hybridized carbons (Fsp3) is 0.625. The highest BCUT2D eigenvalue weighted by Crippen LogP contribution is 2.21. The second-order valence-corrected chi connectivity index (χ2v) is 4.32. The monoisotopic (exact) mass is 281 g/mol. The van der Waals surface area contributed by atoms with Crippen molar-refractivity contribution >= 4 is 5.69 Å². The number of anilines is 1. The Morgan fingerprint density at radius 1 is 1.00 bits per heavy atom. The molecule has 0 N–H and O–H groups in total. The van der Waals surface area contributed by atoms with Crippen molar-refractivity contribution in [1.29, 1.82) is 0 Å². The molecule has 1 rings (SSSR count). The van der Waals surface area contributed by atoms with E-state index in [1.165, 1.54) is 5.69 Å². The van der Waals surface area contributed by atoms with Crippen LogP contribution in [0.1, 0.15) is 27.7 Å². The molecular formula is C16H27NO3. The van der Waals surface area contributed by atoms with Gasteiger partial charge in [-0.2, -0.15) is 0 Å². The van der Waals surface area contributed by atoms with Crippen molar-refractivity contribution < 1.29 is 14.2 Å². The first-order chi connectivity index (χ1) is 9.74. The minimum absolute atomic E-state index is 0.304. The fourth-order valence-corrected chi connectivity index (χ4v) is 2.04. The maximum atomic E-state index is 5.78. The maximum absolute atomic E-state index is 5.78. The molecule has 114 valence electrons. The molecule has 1 aromatic carbocycles. The van der Waals surface area contributed by atoms with Crippen LogP contribution in [-0.4, -0.2) is 39.2 Å². The first-order valence-electron chi connectivity index (χ1n) is 7.46. The molecule has 0 aliphatic heterocycles. The molecule has 0 saturated carbocycles. The number of hydrogen-bond donors (Lipinski definition) is 0. The molecule has 0 heterocycles. The summed E-state index contributed by atoms with van der Waals surface area (Å²) in [5.74, 6) is 0.846. The van der Waals surface area contributed by atoms with E-state index in [0.29, 0.717) is 19.8 Å². The second-order valence-electron chi connectivity index (χ2n) is 4.32. The van der Waals surface area contributed by atoms with E-state index in [2.05, 4.69) is 30.9 Å². The Labute approximate surface area is 122 Å². The van der Waals surface area contributed by atoms with Gasteiger partial charge >= 0.3 is 0 Å². The molecule has 4 nitrogen and oxygen atoms in total. The smallest absolute Gasteiger partial charge is 0.191 e. The molecule has 0 radical (unpaired) electrons. The minimum atomic E-state index is -0.304. The third-order valence-corrected chi connectivity index (χ3v) is 3.04. The van der Waals surface area contributed by atoms with E-state index in [-0.39, 0.29) is 6.29 Å². The summed E-state index contributed by atoms with van der Waals surface area (Å²) in [5.41, 5.74) is 1.18. The van der Waals surface area contributed by atoms with Crippen LogP contribution in [0.25, 0.3) is 0 Å². The first kappa shape index (κ1) is 16.8. The zero-order valence-corrected chi connectivity index (χ0v) is 13.1. The molecule has 0 saturated heterocycles. The molecule has 20 heavy (non-hydrogen) atoms. The van der Waals surface area contributed by atoms with Gasteiger partial charge in [0, 0.05) is 38.1 Å². The normalized spacial score (nSPS) is 10.8. The van der Waals surface area contributed by atoms with Gasteiger partial charge in [0.1, 0.15) is 12.4 Å². The Kier molecular flexibility index (Phi) is 8.07. The Balaban J connectivity index is 2.60. The lowest BCUT2D eigenvalue weighted by atomic mass is 10.2. The van der Waals surface area contributed by atoms with E-state index in [1.54, 1.807) is 0 Å². The molecule has 0 fully saturated rings. The van der Waals surface area contributed by atoms with Crippen molar-refractivity contribution in [1.82, 2.24) is 0 Å². The van der Waals surface area contributed by atoms with Gasteiger partial charge < -0.3 is 19.1 Å². The fourth-order valence-electron chi connectivity index (χ4n) is 2.04. The summed E-state index contributed by atoms with van der Waals surface area (Å²) in [6.07, 6.45) is -0.304. The van der Waals surface area contributed by atoms with Crippen molar-refractivity contribution in [2.24, 2.45) is 0 Å². The summed E-state index contributed by atoms with van der Waals surface area (Å²) < 4.78 is 16.7.